The topological polar surface area (TPSA) is 59.9 Å². The third kappa shape index (κ3) is 4.75. The molecule has 1 atom stereocenters. The average molecular weight is 397 g/mol. The predicted molar refractivity (Wildman–Crippen MR) is 113 cm³/mol. The van der Waals surface area contributed by atoms with E-state index in [1.165, 1.54) is 5.56 Å². The first-order valence-corrected chi connectivity index (χ1v) is 10.1. The Morgan fingerprint density at radius 1 is 1.14 bits per heavy atom. The van der Waals surface area contributed by atoms with Crippen molar-refractivity contribution in [2.75, 3.05) is 13.7 Å². The van der Waals surface area contributed by atoms with Gasteiger partial charge < -0.3 is 14.8 Å². The maximum Gasteiger partial charge on any atom is 0.338 e. The highest BCUT2D eigenvalue weighted by molar-refractivity contribution is 8.13. The van der Waals surface area contributed by atoms with Gasteiger partial charge >= 0.3 is 5.97 Å². The van der Waals surface area contributed by atoms with E-state index in [0.717, 1.165) is 27.9 Å². The van der Waals surface area contributed by atoms with Gasteiger partial charge in [-0.25, -0.2) is 9.79 Å². The Morgan fingerprint density at radius 3 is 2.50 bits per heavy atom. The number of carbonyl (C=O) groups excluding carboxylic acids is 1. The van der Waals surface area contributed by atoms with E-state index in [9.17, 15) is 4.79 Å². The Hall–Kier alpha value is -2.73. The molecule has 0 amide bonds. The van der Waals surface area contributed by atoms with Crippen LogP contribution in [-0.4, -0.2) is 24.9 Å². The standard InChI is InChI=1S/C22H24N2O3S/c1-4-27-21(25)19-15(2)23-22(24-20(19)17-8-6-5-7-9-17)28-14-16-10-12-18(26-3)13-11-16/h5-13,20H,4,14H2,1-3H3,(H,23,24)/t20-/m1/s1. The van der Waals surface area contributed by atoms with Gasteiger partial charge in [0.05, 0.1) is 19.3 Å². The number of thioether (sulfide) groups is 1. The Bertz CT molecular complexity index is 876. The second-order valence-electron chi connectivity index (χ2n) is 6.27. The normalized spacial score (nSPS) is 16.2. The zero-order valence-corrected chi connectivity index (χ0v) is 17.1. The predicted octanol–water partition coefficient (Wildman–Crippen LogP) is 4.47. The molecule has 146 valence electrons. The monoisotopic (exact) mass is 396 g/mol. The Kier molecular flexibility index (Phi) is 6.76. The van der Waals surface area contributed by atoms with E-state index in [4.69, 9.17) is 14.5 Å². The van der Waals surface area contributed by atoms with Crippen molar-refractivity contribution in [3.05, 3.63) is 77.0 Å². The highest BCUT2D eigenvalue weighted by atomic mass is 32.2. The lowest BCUT2D eigenvalue weighted by Crippen LogP contribution is -2.30. The van der Waals surface area contributed by atoms with Crippen molar-refractivity contribution in [3.8, 4) is 5.75 Å². The van der Waals surface area contributed by atoms with Crippen LogP contribution in [0.15, 0.2) is 70.9 Å². The van der Waals surface area contributed by atoms with E-state index < -0.39 is 0 Å². The summed E-state index contributed by atoms with van der Waals surface area (Å²) in [6.45, 7) is 4.03. The van der Waals surface area contributed by atoms with Crippen molar-refractivity contribution >= 4 is 22.9 Å². The van der Waals surface area contributed by atoms with Gasteiger partial charge in [-0.2, -0.15) is 0 Å². The highest BCUT2D eigenvalue weighted by Crippen LogP contribution is 2.33. The summed E-state index contributed by atoms with van der Waals surface area (Å²) in [6, 6.07) is 17.4. The maximum atomic E-state index is 12.5. The van der Waals surface area contributed by atoms with Gasteiger partial charge in [-0.05, 0) is 37.1 Å². The van der Waals surface area contributed by atoms with Crippen molar-refractivity contribution in [3.63, 3.8) is 0 Å². The van der Waals surface area contributed by atoms with Crippen LogP contribution in [0, 0.1) is 0 Å². The number of nitrogens with zero attached hydrogens (tertiary/aromatic N) is 1. The molecular weight excluding hydrogens is 372 g/mol. The number of benzene rings is 2. The fourth-order valence-electron chi connectivity index (χ4n) is 2.94. The van der Waals surface area contributed by atoms with Crippen molar-refractivity contribution < 1.29 is 14.3 Å². The van der Waals surface area contributed by atoms with Gasteiger partial charge in [-0.3, -0.25) is 0 Å². The number of rotatable bonds is 6. The smallest absolute Gasteiger partial charge is 0.338 e. The molecule has 1 aliphatic rings. The van der Waals surface area contributed by atoms with Gasteiger partial charge in [0, 0.05) is 11.4 Å². The number of esters is 1. The fraction of sp³-hybridized carbons (Fsp3) is 0.273. The van der Waals surface area contributed by atoms with Crippen LogP contribution in [0.3, 0.4) is 0 Å². The van der Waals surface area contributed by atoms with Crippen molar-refractivity contribution in [2.24, 2.45) is 4.99 Å². The fourth-order valence-corrected chi connectivity index (χ4v) is 3.84. The van der Waals surface area contributed by atoms with Gasteiger partial charge in [-0.15, -0.1) is 0 Å². The number of methoxy groups -OCH3 is 1. The van der Waals surface area contributed by atoms with Crippen LogP contribution < -0.4 is 10.1 Å². The molecule has 0 unspecified atom stereocenters. The molecule has 0 saturated heterocycles. The zero-order chi connectivity index (χ0) is 19.9. The molecule has 0 fully saturated rings. The molecule has 1 heterocycles. The van der Waals surface area contributed by atoms with Crippen LogP contribution in [0.4, 0.5) is 0 Å². The van der Waals surface area contributed by atoms with Gasteiger partial charge in [0.1, 0.15) is 11.8 Å². The molecule has 5 nitrogen and oxygen atoms in total. The number of aliphatic imine (C=N–C) groups is 1. The van der Waals surface area contributed by atoms with Crippen molar-refractivity contribution in [1.29, 1.82) is 0 Å². The van der Waals surface area contributed by atoms with Crippen molar-refractivity contribution in [2.45, 2.75) is 25.6 Å². The molecule has 0 spiro atoms. The number of ether oxygens (including phenoxy) is 2. The Morgan fingerprint density at radius 2 is 1.86 bits per heavy atom. The number of allylic oxidation sites excluding steroid dienone is 1. The average Bonchev–Trinajstić information content (AvgIpc) is 2.73. The van der Waals surface area contributed by atoms with Crippen LogP contribution in [0.2, 0.25) is 0 Å². The lowest BCUT2D eigenvalue weighted by molar-refractivity contribution is -0.138. The molecular formula is C22H24N2O3S. The molecule has 0 aromatic heterocycles. The molecule has 0 saturated carbocycles. The van der Waals surface area contributed by atoms with Crippen LogP contribution in [0.5, 0.6) is 5.75 Å². The summed E-state index contributed by atoms with van der Waals surface area (Å²) in [4.78, 5) is 17.4. The minimum absolute atomic E-state index is 0.329. The molecule has 3 rings (SSSR count). The SMILES string of the molecule is CCOC(=O)C1=C(C)NC(SCc2ccc(OC)cc2)=N[C@@H]1c1ccccc1. The van der Waals surface area contributed by atoms with E-state index >= 15 is 0 Å². The lowest BCUT2D eigenvalue weighted by Gasteiger charge is -2.25. The lowest BCUT2D eigenvalue weighted by atomic mass is 9.97. The van der Waals surface area contributed by atoms with Gasteiger partial charge in [0.25, 0.3) is 0 Å². The van der Waals surface area contributed by atoms with Crippen LogP contribution in [-0.2, 0) is 15.3 Å². The summed E-state index contributed by atoms with van der Waals surface area (Å²) in [5, 5.41) is 4.05. The zero-order valence-electron chi connectivity index (χ0n) is 16.3. The van der Waals surface area contributed by atoms with Gasteiger partial charge in [0.15, 0.2) is 5.17 Å². The second-order valence-corrected chi connectivity index (χ2v) is 7.23. The third-order valence-corrected chi connectivity index (χ3v) is 5.32. The summed E-state index contributed by atoms with van der Waals surface area (Å²) in [5.74, 6) is 1.27. The number of nitrogens with one attached hydrogen (secondary N) is 1. The molecule has 1 aliphatic heterocycles. The van der Waals surface area contributed by atoms with Gasteiger partial charge in [0.2, 0.25) is 0 Å². The minimum atomic E-state index is -0.375. The van der Waals surface area contributed by atoms with Gasteiger partial charge in [-0.1, -0.05) is 54.2 Å². The van der Waals surface area contributed by atoms with E-state index in [2.05, 4.69) is 5.32 Å². The number of carbonyl (C=O) groups is 1. The quantitative estimate of drug-likeness (QED) is 0.730. The van der Waals surface area contributed by atoms with Crippen molar-refractivity contribution in [1.82, 2.24) is 5.32 Å². The molecule has 2 aromatic rings. The number of hydrogen-bond donors (Lipinski definition) is 1. The molecule has 0 radical (unpaired) electrons. The highest BCUT2D eigenvalue weighted by Gasteiger charge is 2.30. The first kappa shape index (κ1) is 20.0. The molecule has 6 heteroatoms. The second kappa shape index (κ2) is 9.46. The Balaban J connectivity index is 1.81. The van der Waals surface area contributed by atoms with E-state index in [0.29, 0.717) is 12.2 Å². The Labute approximate surface area is 169 Å². The largest absolute Gasteiger partial charge is 0.497 e. The van der Waals surface area contributed by atoms with E-state index in [-0.39, 0.29) is 12.0 Å². The summed E-state index contributed by atoms with van der Waals surface area (Å²) < 4.78 is 10.5. The van der Waals surface area contributed by atoms with E-state index in [1.807, 2.05) is 61.5 Å². The first-order valence-electron chi connectivity index (χ1n) is 9.15. The summed E-state index contributed by atoms with van der Waals surface area (Å²) in [5.41, 5.74) is 3.47. The molecule has 28 heavy (non-hydrogen) atoms. The van der Waals surface area contributed by atoms with Crippen LogP contribution in [0.1, 0.15) is 31.0 Å². The summed E-state index contributed by atoms with van der Waals surface area (Å²) in [7, 11) is 1.66. The first-order chi connectivity index (χ1) is 13.6. The molecule has 0 bridgehead atoms. The number of hydrogen-bond acceptors (Lipinski definition) is 6. The maximum absolute atomic E-state index is 12.5. The third-order valence-electron chi connectivity index (χ3n) is 4.36. The molecule has 1 N–H and O–H groups in total. The summed E-state index contributed by atoms with van der Waals surface area (Å²) >= 11 is 1.60. The minimum Gasteiger partial charge on any atom is -0.497 e. The van der Waals surface area contributed by atoms with Crippen LogP contribution >= 0.6 is 11.8 Å². The number of amidine groups is 1. The van der Waals surface area contributed by atoms with E-state index in [1.54, 1.807) is 25.8 Å². The van der Waals surface area contributed by atoms with Crippen LogP contribution in [0.25, 0.3) is 0 Å². The summed E-state index contributed by atoms with van der Waals surface area (Å²) in [6.07, 6.45) is 0. The molecule has 0 aliphatic carbocycles. The molecule has 2 aromatic carbocycles.